The Hall–Kier alpha value is -2.77. The molecule has 1 fully saturated rings. The van der Waals surface area contributed by atoms with Gasteiger partial charge in [0.15, 0.2) is 0 Å². The van der Waals surface area contributed by atoms with Crippen molar-refractivity contribution >= 4 is 32.4 Å². The fraction of sp³-hybridized carbons (Fsp3) is 0.238. The molecule has 3 aromatic rings. The number of carbonyl (C=O) groups is 1. The summed E-state index contributed by atoms with van der Waals surface area (Å²) in [7, 11) is -3.50. The van der Waals surface area contributed by atoms with Crippen molar-refractivity contribution in [1.29, 1.82) is 0 Å². The zero-order valence-electron chi connectivity index (χ0n) is 15.3. The standard InChI is InChI=1S/C21H21N3O3S/c25-21(23-20-6-4-5-17-15-22-12-11-19(17)20)16-7-9-18(10-8-16)28(26,27)24-13-2-1-3-14-24/h4-12,15H,1-3,13-14H2,(H,23,25). The molecular weight excluding hydrogens is 374 g/mol. The van der Waals surface area contributed by atoms with Gasteiger partial charge in [-0.25, -0.2) is 8.42 Å². The van der Waals surface area contributed by atoms with Gasteiger partial charge in [-0.1, -0.05) is 18.6 Å². The van der Waals surface area contributed by atoms with Crippen molar-refractivity contribution in [3.8, 4) is 0 Å². The van der Waals surface area contributed by atoms with Crippen LogP contribution in [-0.4, -0.2) is 36.7 Å². The molecule has 0 bridgehead atoms. The summed E-state index contributed by atoms with van der Waals surface area (Å²) in [5, 5.41) is 4.73. The van der Waals surface area contributed by atoms with Gasteiger partial charge in [-0.3, -0.25) is 9.78 Å². The van der Waals surface area contributed by atoms with Crippen LogP contribution in [0.2, 0.25) is 0 Å². The summed E-state index contributed by atoms with van der Waals surface area (Å²) in [5.74, 6) is -0.286. The van der Waals surface area contributed by atoms with Gasteiger partial charge in [-0.15, -0.1) is 0 Å². The number of amides is 1. The average molecular weight is 395 g/mol. The van der Waals surface area contributed by atoms with Gasteiger partial charge in [0.1, 0.15) is 0 Å². The quantitative estimate of drug-likeness (QED) is 0.731. The molecule has 1 aromatic heterocycles. The van der Waals surface area contributed by atoms with E-state index in [4.69, 9.17) is 0 Å². The molecule has 1 aliphatic heterocycles. The highest BCUT2D eigenvalue weighted by atomic mass is 32.2. The Labute approximate surface area is 164 Å². The van der Waals surface area contributed by atoms with Crippen LogP contribution in [0.1, 0.15) is 29.6 Å². The number of anilines is 1. The van der Waals surface area contributed by atoms with Gasteiger partial charge < -0.3 is 5.32 Å². The summed E-state index contributed by atoms with van der Waals surface area (Å²) in [6.07, 6.45) is 6.26. The average Bonchev–Trinajstić information content (AvgIpc) is 2.75. The van der Waals surface area contributed by atoms with Crippen LogP contribution in [0.5, 0.6) is 0 Å². The molecule has 4 rings (SSSR count). The minimum atomic E-state index is -3.50. The third-order valence-electron chi connectivity index (χ3n) is 5.00. The molecule has 2 aromatic carbocycles. The zero-order chi connectivity index (χ0) is 19.6. The first kappa shape index (κ1) is 18.6. The van der Waals surface area contributed by atoms with E-state index in [1.165, 1.54) is 16.4 Å². The number of carbonyl (C=O) groups excluding carboxylic acids is 1. The Morgan fingerprint density at radius 3 is 2.46 bits per heavy atom. The number of hydrogen-bond donors (Lipinski definition) is 1. The number of nitrogens with zero attached hydrogens (tertiary/aromatic N) is 2. The van der Waals surface area contributed by atoms with E-state index in [1.807, 2.05) is 24.3 Å². The summed E-state index contributed by atoms with van der Waals surface area (Å²) < 4.78 is 27.0. The Balaban J connectivity index is 1.54. The lowest BCUT2D eigenvalue weighted by molar-refractivity contribution is 0.102. The molecule has 0 radical (unpaired) electrons. The first-order valence-electron chi connectivity index (χ1n) is 9.30. The van der Waals surface area contributed by atoms with Crippen molar-refractivity contribution in [3.63, 3.8) is 0 Å². The highest BCUT2D eigenvalue weighted by Crippen LogP contribution is 2.24. The van der Waals surface area contributed by atoms with Gasteiger partial charge in [0.2, 0.25) is 10.0 Å². The van der Waals surface area contributed by atoms with Crippen LogP contribution < -0.4 is 5.32 Å². The molecule has 0 saturated carbocycles. The maximum absolute atomic E-state index is 12.7. The van der Waals surface area contributed by atoms with Gasteiger partial charge in [0.05, 0.1) is 4.90 Å². The third kappa shape index (κ3) is 3.63. The van der Waals surface area contributed by atoms with Crippen LogP contribution in [0.25, 0.3) is 10.8 Å². The molecule has 7 heteroatoms. The van der Waals surface area contributed by atoms with Crippen molar-refractivity contribution in [2.45, 2.75) is 24.2 Å². The summed E-state index contributed by atoms with van der Waals surface area (Å²) in [4.78, 5) is 16.9. The fourth-order valence-electron chi connectivity index (χ4n) is 3.46. The molecule has 0 spiro atoms. The number of fused-ring (bicyclic) bond motifs is 1. The largest absolute Gasteiger partial charge is 0.321 e. The lowest BCUT2D eigenvalue weighted by atomic mass is 10.1. The second kappa shape index (κ2) is 7.69. The van der Waals surface area contributed by atoms with Crippen LogP contribution in [0.3, 0.4) is 0 Å². The van der Waals surface area contributed by atoms with E-state index in [0.29, 0.717) is 24.3 Å². The number of aromatic nitrogens is 1. The molecule has 28 heavy (non-hydrogen) atoms. The van der Waals surface area contributed by atoms with Crippen molar-refractivity contribution in [2.75, 3.05) is 18.4 Å². The molecule has 0 atom stereocenters. The lowest BCUT2D eigenvalue weighted by Gasteiger charge is -2.25. The van der Waals surface area contributed by atoms with Crippen LogP contribution in [0.15, 0.2) is 65.8 Å². The van der Waals surface area contributed by atoms with E-state index in [9.17, 15) is 13.2 Å². The normalized spacial score (nSPS) is 15.4. The topological polar surface area (TPSA) is 79.4 Å². The van der Waals surface area contributed by atoms with Crippen LogP contribution in [-0.2, 0) is 10.0 Å². The second-order valence-electron chi connectivity index (χ2n) is 6.85. The van der Waals surface area contributed by atoms with Gasteiger partial charge in [-0.05, 0) is 49.2 Å². The molecular formula is C21H21N3O3S. The molecule has 1 N–H and O–H groups in total. The number of hydrogen-bond acceptors (Lipinski definition) is 4. The highest BCUT2D eigenvalue weighted by Gasteiger charge is 2.25. The number of pyridine rings is 1. The maximum atomic E-state index is 12.7. The molecule has 0 aliphatic carbocycles. The third-order valence-corrected chi connectivity index (χ3v) is 6.91. The van der Waals surface area contributed by atoms with Crippen LogP contribution in [0.4, 0.5) is 5.69 Å². The Morgan fingerprint density at radius 1 is 0.964 bits per heavy atom. The minimum absolute atomic E-state index is 0.224. The smallest absolute Gasteiger partial charge is 0.255 e. The summed E-state index contributed by atoms with van der Waals surface area (Å²) >= 11 is 0. The number of sulfonamides is 1. The van der Waals surface area contributed by atoms with Crippen molar-refractivity contribution in [1.82, 2.24) is 9.29 Å². The number of rotatable bonds is 4. The predicted octanol–water partition coefficient (Wildman–Crippen LogP) is 3.66. The molecule has 1 aliphatic rings. The van der Waals surface area contributed by atoms with Crippen LogP contribution in [0, 0.1) is 0 Å². The van der Waals surface area contributed by atoms with E-state index in [-0.39, 0.29) is 10.8 Å². The van der Waals surface area contributed by atoms with Crippen LogP contribution >= 0.6 is 0 Å². The predicted molar refractivity (Wildman–Crippen MR) is 109 cm³/mol. The first-order chi connectivity index (χ1) is 13.6. The van der Waals surface area contributed by atoms with E-state index in [2.05, 4.69) is 10.3 Å². The van der Waals surface area contributed by atoms with E-state index in [1.54, 1.807) is 24.5 Å². The highest BCUT2D eigenvalue weighted by molar-refractivity contribution is 7.89. The molecule has 2 heterocycles. The van der Waals surface area contributed by atoms with Crippen molar-refractivity contribution in [2.24, 2.45) is 0 Å². The molecule has 1 saturated heterocycles. The Morgan fingerprint density at radius 2 is 1.71 bits per heavy atom. The summed E-state index contributed by atoms with van der Waals surface area (Å²) in [5.41, 5.74) is 1.10. The monoisotopic (exact) mass is 395 g/mol. The maximum Gasteiger partial charge on any atom is 0.255 e. The van der Waals surface area contributed by atoms with E-state index >= 15 is 0 Å². The molecule has 144 valence electrons. The molecule has 0 unspecified atom stereocenters. The van der Waals surface area contributed by atoms with Gasteiger partial charge in [0.25, 0.3) is 5.91 Å². The molecule has 1 amide bonds. The molecule has 6 nitrogen and oxygen atoms in total. The van der Waals surface area contributed by atoms with Crippen molar-refractivity contribution < 1.29 is 13.2 Å². The Bertz CT molecular complexity index is 1100. The zero-order valence-corrected chi connectivity index (χ0v) is 16.2. The minimum Gasteiger partial charge on any atom is -0.321 e. The summed E-state index contributed by atoms with van der Waals surface area (Å²) in [6, 6.07) is 13.6. The first-order valence-corrected chi connectivity index (χ1v) is 10.7. The lowest BCUT2D eigenvalue weighted by Crippen LogP contribution is -2.35. The number of nitrogens with one attached hydrogen (secondary N) is 1. The number of piperidine rings is 1. The number of benzene rings is 2. The van der Waals surface area contributed by atoms with Gasteiger partial charge in [0, 0.05) is 47.5 Å². The van der Waals surface area contributed by atoms with E-state index < -0.39 is 10.0 Å². The summed E-state index contributed by atoms with van der Waals surface area (Å²) in [6.45, 7) is 1.11. The SMILES string of the molecule is O=C(Nc1cccc2cnccc12)c1ccc(S(=O)(=O)N2CCCCC2)cc1. The Kier molecular flexibility index (Phi) is 5.11. The van der Waals surface area contributed by atoms with Crippen molar-refractivity contribution in [3.05, 3.63) is 66.5 Å². The fourth-order valence-corrected chi connectivity index (χ4v) is 4.98. The van der Waals surface area contributed by atoms with E-state index in [0.717, 1.165) is 30.0 Å². The van der Waals surface area contributed by atoms with Gasteiger partial charge in [-0.2, -0.15) is 4.31 Å². The second-order valence-corrected chi connectivity index (χ2v) is 8.78. The van der Waals surface area contributed by atoms with Gasteiger partial charge >= 0.3 is 0 Å².